The van der Waals surface area contributed by atoms with E-state index < -0.39 is 0 Å². The zero-order valence-corrected chi connectivity index (χ0v) is 19.5. The third-order valence-electron chi connectivity index (χ3n) is 5.97. The van der Waals surface area contributed by atoms with Gasteiger partial charge in [0.25, 0.3) is 0 Å². The van der Waals surface area contributed by atoms with E-state index in [9.17, 15) is 0 Å². The van der Waals surface area contributed by atoms with Crippen molar-refractivity contribution in [2.75, 3.05) is 0 Å². The van der Waals surface area contributed by atoms with E-state index in [1.165, 1.54) is 11.1 Å². The van der Waals surface area contributed by atoms with Gasteiger partial charge in [-0.2, -0.15) is 5.10 Å². The second-order valence-corrected chi connectivity index (χ2v) is 9.56. The molecule has 3 aromatic carbocycles. The fraction of sp³-hybridized carbons (Fsp3) is 0.120. The Labute approximate surface area is 196 Å². The molecule has 6 heteroatoms. The van der Waals surface area contributed by atoms with Crippen LogP contribution in [-0.2, 0) is 6.42 Å². The average molecular weight is 535 g/mol. The number of fused-ring (bicyclic) bond motifs is 3. The van der Waals surface area contributed by atoms with Crippen LogP contribution in [0.4, 0.5) is 0 Å². The van der Waals surface area contributed by atoms with Gasteiger partial charge in [0, 0.05) is 26.5 Å². The molecule has 2 aliphatic heterocycles. The Hall–Kier alpha value is -2.70. The molecule has 0 saturated carbocycles. The van der Waals surface area contributed by atoms with Gasteiger partial charge < -0.3 is 4.74 Å². The Morgan fingerprint density at radius 3 is 2.26 bits per heavy atom. The number of hydrogen-bond acceptors (Lipinski definition) is 3. The second-order valence-electron chi connectivity index (χ2n) is 7.73. The van der Waals surface area contributed by atoms with E-state index in [4.69, 9.17) is 4.74 Å². The highest BCUT2D eigenvalue weighted by Gasteiger charge is 2.40. The van der Waals surface area contributed by atoms with Gasteiger partial charge in [0.15, 0.2) is 0 Å². The van der Waals surface area contributed by atoms with Crippen molar-refractivity contribution >= 4 is 37.4 Å². The molecule has 2 aliphatic rings. The molecule has 2 atom stereocenters. The van der Waals surface area contributed by atoms with Crippen LogP contribution in [0.3, 0.4) is 0 Å². The summed E-state index contributed by atoms with van der Waals surface area (Å²) in [6.45, 7) is 0. The van der Waals surface area contributed by atoms with Crippen LogP contribution in [0.2, 0.25) is 0 Å². The number of hydrogen-bond donors (Lipinski definition) is 0. The lowest BCUT2D eigenvalue weighted by Gasteiger charge is -2.38. The van der Waals surface area contributed by atoms with Gasteiger partial charge in [0.2, 0.25) is 0 Å². The number of halogens is 2. The fourth-order valence-electron chi connectivity index (χ4n) is 4.59. The topological polar surface area (TPSA) is 39.9 Å². The molecular weight excluding hydrogens is 518 g/mol. The fourth-order valence-corrected chi connectivity index (χ4v) is 5.11. The van der Waals surface area contributed by atoms with Crippen molar-refractivity contribution in [2.45, 2.75) is 18.6 Å². The molecule has 0 bridgehead atoms. The van der Waals surface area contributed by atoms with Gasteiger partial charge in [-0.1, -0.05) is 74.3 Å². The summed E-state index contributed by atoms with van der Waals surface area (Å²) in [6, 6.07) is 25.1. The first-order valence-corrected chi connectivity index (χ1v) is 11.7. The first-order valence-electron chi connectivity index (χ1n) is 10.1. The van der Waals surface area contributed by atoms with E-state index in [0.717, 1.165) is 43.6 Å². The molecule has 6 rings (SSSR count). The zero-order valence-electron chi connectivity index (χ0n) is 16.4. The molecule has 4 nitrogen and oxygen atoms in total. The molecule has 0 amide bonds. The Kier molecular flexibility index (Phi) is 4.58. The highest BCUT2D eigenvalue weighted by atomic mass is 79.9. The SMILES string of the molecule is Brc1ccc([C@H]2C3=C(Cc4ncnn42)c2ccccc2O[C@@H]3c2ccc(Br)cc2)cc1. The Morgan fingerprint density at radius 2 is 1.52 bits per heavy atom. The van der Waals surface area contributed by atoms with Gasteiger partial charge in [-0.25, -0.2) is 9.67 Å². The summed E-state index contributed by atoms with van der Waals surface area (Å²) >= 11 is 7.12. The molecule has 1 aromatic heterocycles. The molecule has 0 spiro atoms. The number of allylic oxidation sites excluding steroid dienone is 1. The quantitative estimate of drug-likeness (QED) is 0.293. The number of nitrogens with zero attached hydrogens (tertiary/aromatic N) is 3. The van der Waals surface area contributed by atoms with E-state index >= 15 is 0 Å². The Morgan fingerprint density at radius 1 is 0.839 bits per heavy atom. The number of rotatable bonds is 2. The summed E-state index contributed by atoms with van der Waals surface area (Å²) in [5, 5.41) is 4.62. The van der Waals surface area contributed by atoms with E-state index in [1.807, 2.05) is 10.7 Å². The molecule has 3 heterocycles. The average Bonchev–Trinajstić information content (AvgIpc) is 3.27. The van der Waals surface area contributed by atoms with Crippen LogP contribution in [0.5, 0.6) is 5.75 Å². The highest BCUT2D eigenvalue weighted by molar-refractivity contribution is 9.10. The summed E-state index contributed by atoms with van der Waals surface area (Å²) in [4.78, 5) is 4.58. The predicted octanol–water partition coefficient (Wildman–Crippen LogP) is 6.54. The van der Waals surface area contributed by atoms with Gasteiger partial charge in [-0.15, -0.1) is 0 Å². The Balaban J connectivity index is 1.62. The van der Waals surface area contributed by atoms with Crippen LogP contribution >= 0.6 is 31.9 Å². The lowest BCUT2D eigenvalue weighted by molar-refractivity contribution is 0.221. The maximum Gasteiger partial charge on any atom is 0.148 e. The summed E-state index contributed by atoms with van der Waals surface area (Å²) < 4.78 is 10.8. The van der Waals surface area contributed by atoms with E-state index in [0.29, 0.717) is 0 Å². The second kappa shape index (κ2) is 7.46. The highest BCUT2D eigenvalue weighted by Crippen LogP contribution is 2.51. The van der Waals surface area contributed by atoms with Crippen LogP contribution in [0, 0.1) is 0 Å². The minimum atomic E-state index is -0.205. The van der Waals surface area contributed by atoms with Crippen molar-refractivity contribution in [2.24, 2.45) is 0 Å². The molecule has 31 heavy (non-hydrogen) atoms. The summed E-state index contributed by atoms with van der Waals surface area (Å²) in [7, 11) is 0. The first-order chi connectivity index (χ1) is 15.2. The minimum Gasteiger partial charge on any atom is -0.481 e. The smallest absolute Gasteiger partial charge is 0.148 e. The number of aromatic nitrogens is 3. The van der Waals surface area contributed by atoms with Gasteiger partial charge in [0.05, 0.1) is 0 Å². The van der Waals surface area contributed by atoms with Crippen LogP contribution < -0.4 is 4.74 Å². The van der Waals surface area contributed by atoms with E-state index in [1.54, 1.807) is 6.33 Å². The van der Waals surface area contributed by atoms with Crippen molar-refractivity contribution in [1.29, 1.82) is 0 Å². The lowest BCUT2D eigenvalue weighted by Crippen LogP contribution is -2.31. The molecule has 4 aromatic rings. The van der Waals surface area contributed by atoms with Crippen molar-refractivity contribution in [1.82, 2.24) is 14.8 Å². The summed E-state index contributed by atoms with van der Waals surface area (Å²) in [5.74, 6) is 1.88. The summed E-state index contributed by atoms with van der Waals surface area (Å²) in [6.07, 6.45) is 2.18. The molecular formula is C25H17Br2N3O. The van der Waals surface area contributed by atoms with Crippen LogP contribution in [0.15, 0.2) is 93.6 Å². The molecule has 0 unspecified atom stereocenters. The third-order valence-corrected chi connectivity index (χ3v) is 7.03. The first kappa shape index (κ1) is 19.0. The zero-order chi connectivity index (χ0) is 20.9. The molecule has 152 valence electrons. The standard InChI is InChI=1S/C25H17Br2N3O/c26-17-9-5-15(6-10-17)24-23-20(13-22-28-14-29-30(22)24)19-3-1-2-4-21(19)31-25(23)16-7-11-18(27)12-8-16/h1-12,14,24-25H,13H2/t24-,25+/m0/s1. The van der Waals surface area contributed by atoms with Crippen molar-refractivity contribution in [3.8, 4) is 5.75 Å². The van der Waals surface area contributed by atoms with Crippen molar-refractivity contribution < 1.29 is 4.74 Å². The van der Waals surface area contributed by atoms with E-state index in [-0.39, 0.29) is 12.1 Å². The maximum atomic E-state index is 6.65. The van der Waals surface area contributed by atoms with Crippen molar-refractivity contribution in [3.63, 3.8) is 0 Å². The Bertz CT molecular complexity index is 1310. The summed E-state index contributed by atoms with van der Waals surface area (Å²) in [5.41, 5.74) is 5.93. The monoisotopic (exact) mass is 533 g/mol. The van der Waals surface area contributed by atoms with Crippen LogP contribution in [-0.4, -0.2) is 14.8 Å². The largest absolute Gasteiger partial charge is 0.481 e. The maximum absolute atomic E-state index is 6.65. The van der Waals surface area contributed by atoms with Gasteiger partial charge >= 0.3 is 0 Å². The van der Waals surface area contributed by atoms with Gasteiger partial charge in [0.1, 0.15) is 30.0 Å². The van der Waals surface area contributed by atoms with E-state index in [2.05, 4.69) is 109 Å². The molecule has 0 radical (unpaired) electrons. The third kappa shape index (κ3) is 3.17. The molecule has 0 saturated heterocycles. The number of benzene rings is 3. The van der Waals surface area contributed by atoms with Gasteiger partial charge in [-0.05, 0) is 47.0 Å². The molecule has 0 aliphatic carbocycles. The van der Waals surface area contributed by atoms with Crippen molar-refractivity contribution in [3.05, 3.63) is 116 Å². The molecule has 0 N–H and O–H groups in total. The number of ether oxygens (including phenoxy) is 1. The lowest BCUT2D eigenvalue weighted by atomic mass is 9.80. The normalized spacial score (nSPS) is 19.3. The van der Waals surface area contributed by atoms with Crippen LogP contribution in [0.25, 0.3) is 5.57 Å². The predicted molar refractivity (Wildman–Crippen MR) is 127 cm³/mol. The number of para-hydroxylation sites is 1. The van der Waals surface area contributed by atoms with Crippen LogP contribution in [0.1, 0.15) is 34.7 Å². The molecule has 0 fully saturated rings. The minimum absolute atomic E-state index is 0.0867. The van der Waals surface area contributed by atoms with Gasteiger partial charge in [-0.3, -0.25) is 0 Å².